The van der Waals surface area contributed by atoms with Crippen LogP contribution in [0.15, 0.2) is 53.6 Å². The normalized spacial score (nSPS) is 14.9. The molecular formula is C22H25N5O2. The minimum Gasteiger partial charge on any atom is -0.354 e. The van der Waals surface area contributed by atoms with Gasteiger partial charge in [0, 0.05) is 63.1 Å². The molecule has 7 heteroatoms. The summed E-state index contributed by atoms with van der Waals surface area (Å²) < 4.78 is 1.81. The Bertz CT molecular complexity index is 1100. The third-order valence-corrected chi connectivity index (χ3v) is 5.45. The molecule has 0 saturated carbocycles. The van der Waals surface area contributed by atoms with Crippen molar-refractivity contribution in [2.45, 2.75) is 6.54 Å². The van der Waals surface area contributed by atoms with E-state index in [-0.39, 0.29) is 16.9 Å². The third kappa shape index (κ3) is 3.86. The van der Waals surface area contributed by atoms with Crippen LogP contribution in [-0.4, -0.2) is 53.6 Å². The van der Waals surface area contributed by atoms with Crippen LogP contribution in [0.2, 0.25) is 0 Å². The molecular weight excluding hydrogens is 366 g/mol. The summed E-state index contributed by atoms with van der Waals surface area (Å²) >= 11 is 0. The van der Waals surface area contributed by atoms with Gasteiger partial charge in [0.25, 0.3) is 5.91 Å². The molecule has 1 N–H and O–H groups in total. The topological polar surface area (TPSA) is 70.5 Å². The fraction of sp³-hybridized carbons (Fsp3) is 0.318. The molecule has 29 heavy (non-hydrogen) atoms. The molecule has 1 saturated heterocycles. The van der Waals surface area contributed by atoms with E-state index in [2.05, 4.69) is 27.1 Å². The predicted octanol–water partition coefficient (Wildman–Crippen LogP) is 1.62. The highest BCUT2D eigenvalue weighted by Gasteiger charge is 2.19. The van der Waals surface area contributed by atoms with Gasteiger partial charge in [0.2, 0.25) is 5.43 Å². The Labute approximate surface area is 169 Å². The van der Waals surface area contributed by atoms with E-state index >= 15 is 0 Å². The smallest absolute Gasteiger partial charge is 0.257 e. The van der Waals surface area contributed by atoms with Crippen molar-refractivity contribution in [1.82, 2.24) is 19.8 Å². The molecule has 1 fully saturated rings. The first-order valence-electron chi connectivity index (χ1n) is 9.78. The van der Waals surface area contributed by atoms with Crippen LogP contribution in [-0.2, 0) is 13.6 Å². The molecule has 3 heterocycles. The number of amides is 1. The molecule has 0 aliphatic carbocycles. The van der Waals surface area contributed by atoms with Gasteiger partial charge in [0.1, 0.15) is 11.4 Å². The van der Waals surface area contributed by atoms with Gasteiger partial charge in [-0.3, -0.25) is 9.59 Å². The van der Waals surface area contributed by atoms with Crippen LogP contribution >= 0.6 is 0 Å². The van der Waals surface area contributed by atoms with Crippen molar-refractivity contribution in [3.63, 3.8) is 0 Å². The standard InChI is InChI=1S/C22H25N5O2/c1-25-10-12-27(13-11-25)21-16(6-5-9-23-21)14-24-22(29)18-15-26(2)19-8-4-3-7-17(19)20(18)28/h3-9,15H,10-14H2,1-2H3,(H,24,29). The summed E-state index contributed by atoms with van der Waals surface area (Å²) in [6.07, 6.45) is 3.38. The van der Waals surface area contributed by atoms with Gasteiger partial charge in [0.15, 0.2) is 0 Å². The zero-order valence-electron chi connectivity index (χ0n) is 16.8. The van der Waals surface area contributed by atoms with Gasteiger partial charge in [0.05, 0.1) is 5.52 Å². The third-order valence-electron chi connectivity index (χ3n) is 5.45. The molecule has 1 aliphatic rings. The Hall–Kier alpha value is -3.19. The number of hydrogen-bond acceptors (Lipinski definition) is 5. The van der Waals surface area contributed by atoms with E-state index in [9.17, 15) is 9.59 Å². The Balaban J connectivity index is 1.55. The SMILES string of the molecule is CN1CCN(c2ncccc2CNC(=O)c2cn(C)c3ccccc3c2=O)CC1. The van der Waals surface area contributed by atoms with Gasteiger partial charge in [-0.1, -0.05) is 18.2 Å². The molecule has 0 spiro atoms. The fourth-order valence-corrected chi connectivity index (χ4v) is 3.74. The van der Waals surface area contributed by atoms with Gasteiger partial charge < -0.3 is 19.7 Å². The average molecular weight is 391 g/mol. The van der Waals surface area contributed by atoms with Crippen LogP contribution in [0.5, 0.6) is 0 Å². The largest absolute Gasteiger partial charge is 0.354 e. The van der Waals surface area contributed by atoms with Crippen molar-refractivity contribution in [3.05, 3.63) is 70.1 Å². The molecule has 1 aromatic carbocycles. The van der Waals surface area contributed by atoms with E-state index in [1.54, 1.807) is 18.5 Å². The molecule has 150 valence electrons. The number of fused-ring (bicyclic) bond motifs is 1. The van der Waals surface area contributed by atoms with Gasteiger partial charge >= 0.3 is 0 Å². The highest BCUT2D eigenvalue weighted by atomic mass is 16.2. The van der Waals surface area contributed by atoms with Crippen molar-refractivity contribution >= 4 is 22.6 Å². The molecule has 4 rings (SSSR count). The second-order valence-corrected chi connectivity index (χ2v) is 7.46. The van der Waals surface area contributed by atoms with Gasteiger partial charge in [-0.15, -0.1) is 0 Å². The summed E-state index contributed by atoms with van der Waals surface area (Å²) in [5.41, 5.74) is 1.65. The van der Waals surface area contributed by atoms with E-state index in [1.807, 2.05) is 41.9 Å². The van der Waals surface area contributed by atoms with Gasteiger partial charge in [-0.05, 0) is 25.2 Å². The van der Waals surface area contributed by atoms with Crippen molar-refractivity contribution in [1.29, 1.82) is 0 Å². The van der Waals surface area contributed by atoms with Gasteiger partial charge in [-0.25, -0.2) is 4.98 Å². The highest BCUT2D eigenvalue weighted by Crippen LogP contribution is 2.19. The highest BCUT2D eigenvalue weighted by molar-refractivity contribution is 5.97. The molecule has 1 amide bonds. The number of anilines is 1. The molecule has 0 atom stereocenters. The molecule has 0 bridgehead atoms. The van der Waals surface area contributed by atoms with Crippen LogP contribution < -0.4 is 15.6 Å². The van der Waals surface area contributed by atoms with Gasteiger partial charge in [-0.2, -0.15) is 0 Å². The number of carbonyl (C=O) groups is 1. The fourth-order valence-electron chi connectivity index (χ4n) is 3.74. The number of aromatic nitrogens is 2. The van der Waals surface area contributed by atoms with E-state index in [1.165, 1.54) is 0 Å². The van der Waals surface area contributed by atoms with Crippen molar-refractivity contribution in [2.24, 2.45) is 7.05 Å². The lowest BCUT2D eigenvalue weighted by Gasteiger charge is -2.34. The number of benzene rings is 1. The molecule has 7 nitrogen and oxygen atoms in total. The van der Waals surface area contributed by atoms with E-state index in [0.717, 1.165) is 43.1 Å². The zero-order valence-corrected chi connectivity index (χ0v) is 16.8. The quantitative estimate of drug-likeness (QED) is 0.732. The van der Waals surface area contributed by atoms with E-state index in [4.69, 9.17) is 0 Å². The molecule has 3 aromatic rings. The molecule has 0 radical (unpaired) electrons. The number of carbonyl (C=O) groups excluding carboxylic acids is 1. The number of piperazine rings is 1. The van der Waals surface area contributed by atoms with Crippen LogP contribution in [0.4, 0.5) is 5.82 Å². The number of para-hydroxylation sites is 1. The van der Waals surface area contributed by atoms with Crippen molar-refractivity contribution in [3.8, 4) is 0 Å². The number of aryl methyl sites for hydroxylation is 1. The van der Waals surface area contributed by atoms with Crippen LogP contribution in [0, 0.1) is 0 Å². The molecule has 1 aliphatic heterocycles. The Morgan fingerprint density at radius 3 is 2.62 bits per heavy atom. The lowest BCUT2D eigenvalue weighted by molar-refractivity contribution is 0.0949. The maximum absolute atomic E-state index is 12.8. The van der Waals surface area contributed by atoms with E-state index in [0.29, 0.717) is 11.9 Å². The number of likely N-dealkylation sites (N-methyl/N-ethyl adjacent to an activating group) is 1. The summed E-state index contributed by atoms with van der Waals surface area (Å²) in [5, 5.41) is 3.45. The first-order chi connectivity index (χ1) is 14.0. The maximum Gasteiger partial charge on any atom is 0.257 e. The van der Waals surface area contributed by atoms with Crippen molar-refractivity contribution in [2.75, 3.05) is 38.1 Å². The van der Waals surface area contributed by atoms with Crippen LogP contribution in [0.25, 0.3) is 10.9 Å². The Morgan fingerprint density at radius 1 is 1.07 bits per heavy atom. The van der Waals surface area contributed by atoms with Crippen molar-refractivity contribution < 1.29 is 4.79 Å². The summed E-state index contributed by atoms with van der Waals surface area (Å²) in [7, 11) is 3.95. The Kier molecular flexibility index (Phi) is 5.31. The summed E-state index contributed by atoms with van der Waals surface area (Å²) in [5.74, 6) is 0.525. The number of pyridine rings is 2. The number of nitrogens with one attached hydrogen (secondary N) is 1. The molecule has 0 unspecified atom stereocenters. The summed E-state index contributed by atoms with van der Waals surface area (Å²) in [4.78, 5) is 34.7. The number of hydrogen-bond donors (Lipinski definition) is 1. The second kappa shape index (κ2) is 8.05. The number of nitrogens with zero attached hydrogens (tertiary/aromatic N) is 4. The minimum absolute atomic E-state index is 0.149. The first-order valence-corrected chi connectivity index (χ1v) is 9.78. The summed E-state index contributed by atoms with van der Waals surface area (Å²) in [6.45, 7) is 4.09. The maximum atomic E-state index is 12.8. The molecule has 2 aromatic heterocycles. The van der Waals surface area contributed by atoms with E-state index < -0.39 is 0 Å². The Morgan fingerprint density at radius 2 is 1.83 bits per heavy atom. The lowest BCUT2D eigenvalue weighted by atomic mass is 10.1. The monoisotopic (exact) mass is 391 g/mol. The average Bonchev–Trinajstić information content (AvgIpc) is 2.75. The number of rotatable bonds is 4. The first kappa shape index (κ1) is 19.1. The van der Waals surface area contributed by atoms with Crippen LogP contribution in [0.1, 0.15) is 15.9 Å². The van der Waals surface area contributed by atoms with Crippen LogP contribution in [0.3, 0.4) is 0 Å². The lowest BCUT2D eigenvalue weighted by Crippen LogP contribution is -2.45. The predicted molar refractivity (Wildman–Crippen MR) is 114 cm³/mol. The minimum atomic E-state index is -0.371. The summed E-state index contributed by atoms with van der Waals surface area (Å²) in [6, 6.07) is 11.2. The zero-order chi connectivity index (χ0) is 20.4. The second-order valence-electron chi connectivity index (χ2n) is 7.46.